The van der Waals surface area contributed by atoms with Crippen LogP contribution in [0.25, 0.3) is 10.6 Å². The minimum absolute atomic E-state index is 0.192. The van der Waals surface area contributed by atoms with Crippen LogP contribution in [0.4, 0.5) is 0 Å². The van der Waals surface area contributed by atoms with Gasteiger partial charge in [-0.2, -0.15) is 0 Å². The van der Waals surface area contributed by atoms with Gasteiger partial charge in [0.1, 0.15) is 5.01 Å². The Hall–Kier alpha value is -2.27. The number of thiophene rings is 1. The van der Waals surface area contributed by atoms with E-state index in [0.717, 1.165) is 17.2 Å². The maximum Gasteiger partial charge on any atom is 0.123 e. The summed E-state index contributed by atoms with van der Waals surface area (Å²) in [5.74, 6) is 0. The topological polar surface area (TPSA) is 24.9 Å². The predicted molar refractivity (Wildman–Crippen MR) is 112 cm³/mol. The van der Waals surface area contributed by atoms with Gasteiger partial charge < -0.3 is 0 Å². The number of aromatic nitrogens is 1. The molecule has 0 bridgehead atoms. The van der Waals surface area contributed by atoms with Crippen LogP contribution >= 0.6 is 22.7 Å². The number of thiazole rings is 1. The Morgan fingerprint density at radius 1 is 0.923 bits per heavy atom. The highest BCUT2D eigenvalue weighted by molar-refractivity contribution is 7.13. The fourth-order valence-corrected chi connectivity index (χ4v) is 4.56. The molecule has 0 spiro atoms. The number of hydrogen-bond donors (Lipinski definition) is 1. The standard InChI is InChI=1S/C22H20N2S2/c1-16-9-11-17(12-10-16)21(20-8-5-13-25-20)23-14-19-15-26-22(24-19)18-6-3-2-4-7-18/h2-13,15,21,23H,14H2,1H3/t21-/m1/s1. The van der Waals surface area contributed by atoms with Crippen molar-refractivity contribution in [3.63, 3.8) is 0 Å². The molecule has 0 amide bonds. The minimum atomic E-state index is 0.192. The monoisotopic (exact) mass is 376 g/mol. The van der Waals surface area contributed by atoms with Crippen LogP contribution in [-0.4, -0.2) is 4.98 Å². The van der Waals surface area contributed by atoms with Crippen LogP contribution in [0.5, 0.6) is 0 Å². The lowest BCUT2D eigenvalue weighted by molar-refractivity contribution is 0.606. The van der Waals surface area contributed by atoms with Crippen molar-refractivity contribution in [2.75, 3.05) is 0 Å². The molecular formula is C22H20N2S2. The zero-order chi connectivity index (χ0) is 17.8. The van der Waals surface area contributed by atoms with E-state index in [9.17, 15) is 0 Å². The molecule has 26 heavy (non-hydrogen) atoms. The number of rotatable bonds is 6. The number of nitrogens with zero attached hydrogens (tertiary/aromatic N) is 1. The van der Waals surface area contributed by atoms with Crippen molar-refractivity contribution in [1.29, 1.82) is 0 Å². The SMILES string of the molecule is Cc1ccc([C@@H](NCc2csc(-c3ccccc3)n2)c2cccs2)cc1. The Morgan fingerprint density at radius 2 is 1.73 bits per heavy atom. The highest BCUT2D eigenvalue weighted by Crippen LogP contribution is 2.28. The Bertz CT molecular complexity index is 942. The molecule has 0 radical (unpaired) electrons. The van der Waals surface area contributed by atoms with Crippen molar-refractivity contribution in [3.8, 4) is 10.6 Å². The van der Waals surface area contributed by atoms with Gasteiger partial charge in [0.05, 0.1) is 11.7 Å². The van der Waals surface area contributed by atoms with E-state index in [2.05, 4.69) is 83.7 Å². The summed E-state index contributed by atoms with van der Waals surface area (Å²) >= 11 is 3.49. The summed E-state index contributed by atoms with van der Waals surface area (Å²) in [7, 11) is 0. The van der Waals surface area contributed by atoms with Crippen molar-refractivity contribution < 1.29 is 0 Å². The lowest BCUT2D eigenvalue weighted by atomic mass is 10.0. The molecule has 4 rings (SSSR count). The molecule has 2 heterocycles. The molecule has 2 aromatic heterocycles. The molecule has 0 fully saturated rings. The van der Waals surface area contributed by atoms with E-state index in [1.54, 1.807) is 22.7 Å². The van der Waals surface area contributed by atoms with Crippen molar-refractivity contribution in [3.05, 3.63) is 99.2 Å². The first-order valence-corrected chi connectivity index (χ1v) is 10.4. The lowest BCUT2D eigenvalue weighted by Crippen LogP contribution is -2.21. The first-order valence-electron chi connectivity index (χ1n) is 8.63. The average molecular weight is 377 g/mol. The fraction of sp³-hybridized carbons (Fsp3) is 0.136. The summed E-state index contributed by atoms with van der Waals surface area (Å²) in [5.41, 5.74) is 4.84. The molecule has 1 atom stereocenters. The van der Waals surface area contributed by atoms with Crippen LogP contribution in [-0.2, 0) is 6.54 Å². The Morgan fingerprint density at radius 3 is 2.46 bits per heavy atom. The third-order valence-corrected chi connectivity index (χ3v) is 6.18. The van der Waals surface area contributed by atoms with Gasteiger partial charge in [0.15, 0.2) is 0 Å². The zero-order valence-electron chi connectivity index (χ0n) is 14.6. The van der Waals surface area contributed by atoms with E-state index in [1.165, 1.54) is 21.6 Å². The summed E-state index contributed by atoms with van der Waals surface area (Å²) in [5, 5.41) is 9.05. The van der Waals surface area contributed by atoms with Gasteiger partial charge in [0.25, 0.3) is 0 Å². The molecule has 0 aliphatic carbocycles. The largest absolute Gasteiger partial charge is 0.300 e. The molecule has 1 N–H and O–H groups in total. The second-order valence-corrected chi connectivity index (χ2v) is 8.09. The zero-order valence-corrected chi connectivity index (χ0v) is 16.2. The average Bonchev–Trinajstić information content (AvgIpc) is 3.36. The van der Waals surface area contributed by atoms with E-state index in [0.29, 0.717) is 0 Å². The smallest absolute Gasteiger partial charge is 0.123 e. The Kier molecular flexibility index (Phi) is 5.25. The molecule has 0 aliphatic heterocycles. The van der Waals surface area contributed by atoms with Gasteiger partial charge >= 0.3 is 0 Å². The third-order valence-electron chi connectivity index (χ3n) is 4.30. The predicted octanol–water partition coefficient (Wildman–Crippen LogP) is 6.06. The summed E-state index contributed by atoms with van der Waals surface area (Å²) in [6.07, 6.45) is 0. The first kappa shape index (κ1) is 17.2. The maximum atomic E-state index is 4.80. The van der Waals surface area contributed by atoms with Crippen LogP contribution in [0.15, 0.2) is 77.5 Å². The highest BCUT2D eigenvalue weighted by Gasteiger charge is 2.15. The number of benzene rings is 2. The van der Waals surface area contributed by atoms with Crippen LogP contribution in [0.3, 0.4) is 0 Å². The number of aryl methyl sites for hydroxylation is 1. The van der Waals surface area contributed by atoms with Crippen molar-refractivity contribution in [2.24, 2.45) is 0 Å². The quantitative estimate of drug-likeness (QED) is 0.442. The molecule has 0 unspecified atom stereocenters. The van der Waals surface area contributed by atoms with E-state index >= 15 is 0 Å². The molecule has 2 aromatic carbocycles. The first-order chi connectivity index (χ1) is 12.8. The van der Waals surface area contributed by atoms with Crippen LogP contribution in [0.2, 0.25) is 0 Å². The van der Waals surface area contributed by atoms with Crippen molar-refractivity contribution in [1.82, 2.24) is 10.3 Å². The van der Waals surface area contributed by atoms with E-state index in [-0.39, 0.29) is 6.04 Å². The van der Waals surface area contributed by atoms with Gasteiger partial charge in [0, 0.05) is 22.4 Å². The Labute approximate surface area is 162 Å². The molecule has 4 heteroatoms. The van der Waals surface area contributed by atoms with Crippen LogP contribution < -0.4 is 5.32 Å². The second-order valence-electron chi connectivity index (χ2n) is 6.25. The second kappa shape index (κ2) is 7.96. The summed E-state index contributed by atoms with van der Waals surface area (Å²) < 4.78 is 0. The Balaban J connectivity index is 1.52. The summed E-state index contributed by atoms with van der Waals surface area (Å²) in [6.45, 7) is 2.87. The van der Waals surface area contributed by atoms with E-state index < -0.39 is 0 Å². The number of nitrogens with one attached hydrogen (secondary N) is 1. The fourth-order valence-electron chi connectivity index (χ4n) is 2.91. The molecule has 0 saturated heterocycles. The third kappa shape index (κ3) is 3.93. The van der Waals surface area contributed by atoms with E-state index in [4.69, 9.17) is 4.98 Å². The van der Waals surface area contributed by atoms with Gasteiger partial charge in [-0.15, -0.1) is 22.7 Å². The lowest BCUT2D eigenvalue weighted by Gasteiger charge is -2.17. The van der Waals surface area contributed by atoms with Gasteiger partial charge in [0.2, 0.25) is 0 Å². The maximum absolute atomic E-state index is 4.80. The summed E-state index contributed by atoms with van der Waals surface area (Å²) in [4.78, 5) is 6.13. The molecule has 130 valence electrons. The minimum Gasteiger partial charge on any atom is -0.300 e. The molecule has 2 nitrogen and oxygen atoms in total. The molecule has 0 aliphatic rings. The van der Waals surface area contributed by atoms with Crippen molar-refractivity contribution in [2.45, 2.75) is 19.5 Å². The van der Waals surface area contributed by atoms with Gasteiger partial charge in [-0.25, -0.2) is 4.98 Å². The summed E-state index contributed by atoms with van der Waals surface area (Å²) in [6, 6.07) is 23.6. The molecule has 4 aromatic rings. The molecular weight excluding hydrogens is 356 g/mol. The van der Waals surface area contributed by atoms with Gasteiger partial charge in [-0.05, 0) is 23.9 Å². The highest BCUT2D eigenvalue weighted by atomic mass is 32.1. The van der Waals surface area contributed by atoms with Crippen LogP contribution in [0.1, 0.15) is 27.7 Å². The van der Waals surface area contributed by atoms with Crippen molar-refractivity contribution >= 4 is 22.7 Å². The van der Waals surface area contributed by atoms with Gasteiger partial charge in [-0.3, -0.25) is 5.32 Å². The van der Waals surface area contributed by atoms with Crippen LogP contribution in [0, 0.1) is 6.92 Å². The molecule has 0 saturated carbocycles. The number of hydrogen-bond acceptors (Lipinski definition) is 4. The van der Waals surface area contributed by atoms with E-state index in [1.807, 2.05) is 6.07 Å². The normalized spacial score (nSPS) is 12.2. The van der Waals surface area contributed by atoms with Gasteiger partial charge in [-0.1, -0.05) is 66.2 Å².